The molecule has 2 amide bonds. The normalized spacial score (nSPS) is 18.7. The molecular formula is C10H19N3O2. The Balaban J connectivity index is 2.67. The average Bonchev–Trinajstić information content (AvgIpc) is 2.27. The lowest BCUT2D eigenvalue weighted by Gasteiger charge is -2.25. The van der Waals surface area contributed by atoms with Gasteiger partial charge in [-0.25, -0.2) is 0 Å². The summed E-state index contributed by atoms with van der Waals surface area (Å²) in [5, 5.41) is 0. The number of hydrogen-bond donors (Lipinski definition) is 1. The first-order valence-corrected chi connectivity index (χ1v) is 5.33. The molecule has 0 atom stereocenters. The molecule has 0 aromatic rings. The Bertz CT molecular complexity index is 253. The zero-order chi connectivity index (χ0) is 11.4. The maximum atomic E-state index is 11.7. The minimum Gasteiger partial charge on any atom is -0.339 e. The van der Waals surface area contributed by atoms with Gasteiger partial charge in [0.2, 0.25) is 11.8 Å². The van der Waals surface area contributed by atoms with Crippen molar-refractivity contribution < 1.29 is 9.59 Å². The number of nitrogens with zero attached hydrogens (tertiary/aromatic N) is 2. The summed E-state index contributed by atoms with van der Waals surface area (Å²) in [5.74, 6) is -0.178. The van der Waals surface area contributed by atoms with E-state index in [9.17, 15) is 9.59 Å². The van der Waals surface area contributed by atoms with Crippen molar-refractivity contribution in [3.63, 3.8) is 0 Å². The predicted octanol–water partition coefficient (Wildman–Crippen LogP) is -0.586. The molecule has 1 rings (SSSR count). The van der Waals surface area contributed by atoms with Crippen LogP contribution < -0.4 is 5.73 Å². The topological polar surface area (TPSA) is 66.6 Å². The second kappa shape index (κ2) is 5.11. The molecule has 5 nitrogen and oxygen atoms in total. The van der Waals surface area contributed by atoms with Crippen molar-refractivity contribution in [1.29, 1.82) is 0 Å². The van der Waals surface area contributed by atoms with Crippen LogP contribution in [0.5, 0.6) is 0 Å². The van der Waals surface area contributed by atoms with Gasteiger partial charge in [0.05, 0.1) is 0 Å². The summed E-state index contributed by atoms with van der Waals surface area (Å²) in [6.07, 6.45) is -0.0157. The highest BCUT2D eigenvalue weighted by Crippen LogP contribution is 2.08. The van der Waals surface area contributed by atoms with E-state index < -0.39 is 0 Å². The molecule has 2 N–H and O–H groups in total. The molecule has 15 heavy (non-hydrogen) atoms. The molecule has 5 heteroatoms. The molecule has 0 radical (unpaired) electrons. The fraction of sp³-hybridized carbons (Fsp3) is 0.800. The lowest BCUT2D eigenvalue weighted by Crippen LogP contribution is -2.39. The largest absolute Gasteiger partial charge is 0.339 e. The van der Waals surface area contributed by atoms with Crippen LogP contribution >= 0.6 is 0 Å². The Hall–Kier alpha value is -1.10. The molecule has 0 unspecified atom stereocenters. The number of rotatable bonds is 3. The first-order chi connectivity index (χ1) is 7.06. The zero-order valence-electron chi connectivity index (χ0n) is 9.40. The third kappa shape index (κ3) is 2.92. The molecule has 0 aromatic heterocycles. The van der Waals surface area contributed by atoms with Crippen LogP contribution in [0.25, 0.3) is 0 Å². The highest BCUT2D eigenvalue weighted by molar-refractivity contribution is 5.97. The van der Waals surface area contributed by atoms with Crippen LogP contribution in [0.2, 0.25) is 0 Å². The summed E-state index contributed by atoms with van der Waals surface area (Å²) in [5.41, 5.74) is 5.41. The first kappa shape index (κ1) is 12.0. The van der Waals surface area contributed by atoms with Gasteiger partial charge >= 0.3 is 0 Å². The van der Waals surface area contributed by atoms with Crippen LogP contribution in [0.3, 0.4) is 0 Å². The summed E-state index contributed by atoms with van der Waals surface area (Å²) in [4.78, 5) is 26.7. The summed E-state index contributed by atoms with van der Waals surface area (Å²) in [7, 11) is 0. The maximum absolute atomic E-state index is 11.7. The van der Waals surface area contributed by atoms with E-state index in [0.29, 0.717) is 26.2 Å². The fourth-order valence-corrected chi connectivity index (χ4v) is 1.76. The van der Waals surface area contributed by atoms with Crippen LogP contribution in [-0.4, -0.2) is 53.8 Å². The van der Waals surface area contributed by atoms with Crippen LogP contribution in [0.4, 0.5) is 0 Å². The van der Waals surface area contributed by atoms with Crippen molar-refractivity contribution >= 4 is 11.8 Å². The van der Waals surface area contributed by atoms with E-state index in [2.05, 4.69) is 0 Å². The van der Waals surface area contributed by atoms with Gasteiger partial charge < -0.3 is 15.5 Å². The number of carbonyl (C=O) groups is 2. The van der Waals surface area contributed by atoms with Crippen molar-refractivity contribution in [3.05, 3.63) is 0 Å². The van der Waals surface area contributed by atoms with Gasteiger partial charge in [-0.3, -0.25) is 9.59 Å². The van der Waals surface area contributed by atoms with Crippen molar-refractivity contribution in [3.8, 4) is 0 Å². The van der Waals surface area contributed by atoms with E-state index in [1.165, 1.54) is 0 Å². The second-order valence-electron chi connectivity index (χ2n) is 4.03. The van der Waals surface area contributed by atoms with Gasteiger partial charge in [-0.15, -0.1) is 0 Å². The minimum atomic E-state index is -0.103. The van der Waals surface area contributed by atoms with Crippen LogP contribution in [0.15, 0.2) is 0 Å². The van der Waals surface area contributed by atoms with E-state index in [0.717, 1.165) is 0 Å². The summed E-state index contributed by atoms with van der Waals surface area (Å²) >= 11 is 0. The van der Waals surface area contributed by atoms with Gasteiger partial charge in [-0.05, 0) is 13.8 Å². The smallest absolute Gasteiger partial charge is 0.232 e. The summed E-state index contributed by atoms with van der Waals surface area (Å²) in [6, 6.07) is 0.156. The second-order valence-corrected chi connectivity index (χ2v) is 4.03. The SMILES string of the molecule is CC(C)N1CCN(CCN)C(=O)CC1=O. The molecule has 1 saturated heterocycles. The van der Waals surface area contributed by atoms with Crippen LogP contribution in [0, 0.1) is 0 Å². The average molecular weight is 213 g/mol. The Morgan fingerprint density at radius 2 is 1.93 bits per heavy atom. The third-order valence-corrected chi connectivity index (χ3v) is 2.61. The van der Waals surface area contributed by atoms with Crippen molar-refractivity contribution in [2.45, 2.75) is 26.3 Å². The first-order valence-electron chi connectivity index (χ1n) is 5.33. The van der Waals surface area contributed by atoms with Gasteiger partial charge in [-0.1, -0.05) is 0 Å². The van der Waals surface area contributed by atoms with Crippen molar-refractivity contribution in [2.75, 3.05) is 26.2 Å². The molecule has 1 aliphatic rings. The Morgan fingerprint density at radius 3 is 2.47 bits per heavy atom. The van der Waals surface area contributed by atoms with E-state index >= 15 is 0 Å². The maximum Gasteiger partial charge on any atom is 0.232 e. The molecule has 0 aromatic carbocycles. The van der Waals surface area contributed by atoms with E-state index in [1.807, 2.05) is 13.8 Å². The Morgan fingerprint density at radius 1 is 1.27 bits per heavy atom. The molecular weight excluding hydrogens is 194 g/mol. The predicted molar refractivity (Wildman–Crippen MR) is 57.1 cm³/mol. The summed E-state index contributed by atoms with van der Waals surface area (Å²) in [6.45, 7) is 6.11. The quantitative estimate of drug-likeness (QED) is 0.637. The molecule has 0 saturated carbocycles. The van der Waals surface area contributed by atoms with Gasteiger partial charge in [0, 0.05) is 32.2 Å². The zero-order valence-corrected chi connectivity index (χ0v) is 9.40. The van der Waals surface area contributed by atoms with E-state index in [4.69, 9.17) is 5.73 Å². The highest BCUT2D eigenvalue weighted by atomic mass is 16.2. The molecule has 0 spiro atoms. The molecule has 0 bridgehead atoms. The number of carbonyl (C=O) groups excluding carboxylic acids is 2. The van der Waals surface area contributed by atoms with Crippen LogP contribution in [0.1, 0.15) is 20.3 Å². The molecule has 86 valence electrons. The van der Waals surface area contributed by atoms with E-state index in [1.54, 1.807) is 9.80 Å². The monoisotopic (exact) mass is 213 g/mol. The summed E-state index contributed by atoms with van der Waals surface area (Å²) < 4.78 is 0. The Kier molecular flexibility index (Phi) is 4.08. The van der Waals surface area contributed by atoms with Gasteiger partial charge in [0.1, 0.15) is 6.42 Å². The highest BCUT2D eigenvalue weighted by Gasteiger charge is 2.27. The number of amides is 2. The van der Waals surface area contributed by atoms with Crippen LogP contribution in [-0.2, 0) is 9.59 Å². The van der Waals surface area contributed by atoms with Crippen molar-refractivity contribution in [2.24, 2.45) is 5.73 Å². The molecule has 0 aliphatic carbocycles. The fourth-order valence-electron chi connectivity index (χ4n) is 1.76. The van der Waals surface area contributed by atoms with E-state index in [-0.39, 0.29) is 24.3 Å². The lowest BCUT2D eigenvalue weighted by atomic mass is 10.3. The van der Waals surface area contributed by atoms with Crippen molar-refractivity contribution in [1.82, 2.24) is 9.80 Å². The van der Waals surface area contributed by atoms with Gasteiger partial charge in [0.15, 0.2) is 0 Å². The standard InChI is InChI=1S/C10H19N3O2/c1-8(2)13-6-5-12(4-3-11)9(14)7-10(13)15/h8H,3-7,11H2,1-2H3. The molecule has 1 fully saturated rings. The minimum absolute atomic E-state index is 0.0157. The molecule has 1 heterocycles. The lowest BCUT2D eigenvalue weighted by molar-refractivity contribution is -0.137. The number of hydrogen-bond acceptors (Lipinski definition) is 3. The molecule has 1 aliphatic heterocycles. The third-order valence-electron chi connectivity index (χ3n) is 2.61. The Labute approximate surface area is 90.2 Å². The van der Waals surface area contributed by atoms with Gasteiger partial charge in [0.25, 0.3) is 0 Å². The van der Waals surface area contributed by atoms with Gasteiger partial charge in [-0.2, -0.15) is 0 Å². The number of nitrogens with two attached hydrogens (primary N) is 1.